The number of nitrogens with one attached hydrogen (secondary N) is 2. The van der Waals surface area contributed by atoms with Crippen molar-refractivity contribution in [2.45, 2.75) is 51.2 Å². The van der Waals surface area contributed by atoms with Gasteiger partial charge in [-0.1, -0.05) is 36.4 Å². The minimum absolute atomic E-state index is 0.00104. The molecule has 1 aliphatic rings. The monoisotopic (exact) mass is 468 g/mol. The number of rotatable bonds is 7. The molecule has 5 nitrogen and oxygen atoms in total. The van der Waals surface area contributed by atoms with E-state index in [2.05, 4.69) is 10.0 Å². The van der Waals surface area contributed by atoms with E-state index in [1.54, 1.807) is 37.3 Å². The Balaban J connectivity index is 1.57. The van der Waals surface area contributed by atoms with Crippen molar-refractivity contribution in [1.82, 2.24) is 5.32 Å². The number of sulfonamides is 1. The normalized spacial score (nSPS) is 18.8. The average Bonchev–Trinajstić information content (AvgIpc) is 3.47. The van der Waals surface area contributed by atoms with Crippen molar-refractivity contribution >= 4 is 21.6 Å². The number of benzene rings is 2. The molecular weight excluding hydrogens is 441 g/mol. The topological polar surface area (TPSA) is 75.3 Å². The predicted octanol–water partition coefficient (Wildman–Crippen LogP) is 4.63. The lowest BCUT2D eigenvalue weighted by atomic mass is 9.83. The van der Waals surface area contributed by atoms with Crippen molar-refractivity contribution in [2.75, 3.05) is 11.0 Å². The summed E-state index contributed by atoms with van der Waals surface area (Å²) in [5, 5.41) is 2.88. The summed E-state index contributed by atoms with van der Waals surface area (Å²) in [5.74, 6) is -0.310. The summed E-state index contributed by atoms with van der Waals surface area (Å²) >= 11 is 0. The fourth-order valence-corrected chi connectivity index (χ4v) is 4.26. The number of aryl methyl sites for hydroxylation is 1. The highest BCUT2D eigenvalue weighted by molar-refractivity contribution is 7.92. The van der Waals surface area contributed by atoms with Crippen LogP contribution in [-0.2, 0) is 26.8 Å². The van der Waals surface area contributed by atoms with Gasteiger partial charge in [-0.05, 0) is 61.4 Å². The smallest absolute Gasteiger partial charge is 0.352 e. The molecule has 2 N–H and O–H groups in total. The van der Waals surface area contributed by atoms with Crippen molar-refractivity contribution in [3.05, 3.63) is 64.7 Å². The van der Waals surface area contributed by atoms with Gasteiger partial charge in [0.2, 0.25) is 15.9 Å². The number of hydrogen-bond acceptors (Lipinski definition) is 3. The van der Waals surface area contributed by atoms with Crippen LogP contribution in [0.5, 0.6) is 0 Å². The number of carbonyl (C=O) groups is 1. The number of halogens is 3. The molecular formula is C23H27F3N2O3S. The van der Waals surface area contributed by atoms with Gasteiger partial charge in [0.25, 0.3) is 0 Å². The Morgan fingerprint density at radius 3 is 2.25 bits per heavy atom. The molecule has 1 aliphatic carbocycles. The molecule has 2 atom stereocenters. The number of alkyl halides is 3. The van der Waals surface area contributed by atoms with Crippen LogP contribution in [0.4, 0.5) is 18.9 Å². The zero-order chi connectivity index (χ0) is 23.9. The Kier molecular flexibility index (Phi) is 6.34. The highest BCUT2D eigenvalue weighted by Crippen LogP contribution is 2.48. The summed E-state index contributed by atoms with van der Waals surface area (Å²) in [6.07, 6.45) is -2.60. The summed E-state index contributed by atoms with van der Waals surface area (Å²) in [6.45, 7) is 4.39. The van der Waals surface area contributed by atoms with Gasteiger partial charge in [0, 0.05) is 12.5 Å². The number of amides is 1. The van der Waals surface area contributed by atoms with Crippen LogP contribution in [0.2, 0.25) is 0 Å². The van der Waals surface area contributed by atoms with Crippen LogP contribution in [0.3, 0.4) is 0 Å². The van der Waals surface area contributed by atoms with E-state index in [0.29, 0.717) is 18.7 Å². The van der Waals surface area contributed by atoms with Crippen molar-refractivity contribution < 1.29 is 26.4 Å². The third-order valence-corrected chi connectivity index (χ3v) is 6.54. The van der Waals surface area contributed by atoms with E-state index in [4.69, 9.17) is 0 Å². The molecule has 0 bridgehead atoms. The van der Waals surface area contributed by atoms with Crippen LogP contribution in [0.15, 0.2) is 42.5 Å². The number of anilines is 1. The van der Waals surface area contributed by atoms with Crippen molar-refractivity contribution in [3.63, 3.8) is 0 Å². The first-order chi connectivity index (χ1) is 14.7. The highest BCUT2D eigenvalue weighted by Gasteiger charge is 2.49. The maximum Gasteiger partial charge on any atom is 0.397 e. The maximum absolute atomic E-state index is 13.2. The second kappa shape index (κ2) is 8.42. The summed E-state index contributed by atoms with van der Waals surface area (Å²) in [7, 11) is -3.37. The van der Waals surface area contributed by atoms with E-state index in [9.17, 15) is 26.4 Å². The van der Waals surface area contributed by atoms with E-state index in [0.717, 1.165) is 36.8 Å². The fourth-order valence-electron chi connectivity index (χ4n) is 3.63. The van der Waals surface area contributed by atoms with Crippen LogP contribution in [0.25, 0.3) is 0 Å². The van der Waals surface area contributed by atoms with E-state index in [1.807, 2.05) is 0 Å². The lowest BCUT2D eigenvalue weighted by Gasteiger charge is -2.28. The predicted molar refractivity (Wildman–Crippen MR) is 118 cm³/mol. The Morgan fingerprint density at radius 1 is 1.09 bits per heavy atom. The largest absolute Gasteiger partial charge is 0.397 e. The molecule has 0 spiro atoms. The van der Waals surface area contributed by atoms with Crippen LogP contribution in [0, 0.1) is 12.8 Å². The first-order valence-corrected chi connectivity index (χ1v) is 12.1. The first-order valence-electron chi connectivity index (χ1n) is 10.2. The van der Waals surface area contributed by atoms with Crippen molar-refractivity contribution in [2.24, 2.45) is 5.92 Å². The molecule has 9 heteroatoms. The standard InChI is InChI=1S/C23H27F3N2O3S/c1-14-11-15(5-10-20(14)28-32(4,30)31)13-27-21(29)19-12-18(19)16-6-8-17(9-7-16)22(2,3)23(24,25)26/h5-11,18-19,28H,12-13H2,1-4H3,(H,27,29). The molecule has 0 aromatic heterocycles. The molecule has 2 aromatic carbocycles. The van der Waals surface area contributed by atoms with Crippen LogP contribution < -0.4 is 10.0 Å². The van der Waals surface area contributed by atoms with Gasteiger partial charge in [0.1, 0.15) is 0 Å². The van der Waals surface area contributed by atoms with Gasteiger partial charge in [-0.25, -0.2) is 8.42 Å². The van der Waals surface area contributed by atoms with Gasteiger partial charge >= 0.3 is 6.18 Å². The molecule has 0 radical (unpaired) electrons. The van der Waals surface area contributed by atoms with Gasteiger partial charge in [0.05, 0.1) is 17.4 Å². The zero-order valence-electron chi connectivity index (χ0n) is 18.4. The van der Waals surface area contributed by atoms with Crippen molar-refractivity contribution in [3.8, 4) is 0 Å². The van der Waals surface area contributed by atoms with E-state index < -0.39 is 21.6 Å². The molecule has 3 rings (SSSR count). The van der Waals surface area contributed by atoms with Gasteiger partial charge < -0.3 is 5.32 Å². The van der Waals surface area contributed by atoms with Crippen LogP contribution in [0.1, 0.15) is 48.4 Å². The second-order valence-corrected chi connectivity index (χ2v) is 10.7. The van der Waals surface area contributed by atoms with Gasteiger partial charge in [0.15, 0.2) is 0 Å². The van der Waals surface area contributed by atoms with Gasteiger partial charge in [-0.15, -0.1) is 0 Å². The van der Waals surface area contributed by atoms with Crippen LogP contribution >= 0.6 is 0 Å². The summed E-state index contributed by atoms with van der Waals surface area (Å²) in [6, 6.07) is 11.5. The summed E-state index contributed by atoms with van der Waals surface area (Å²) < 4.78 is 64.8. The Hall–Kier alpha value is -2.55. The first kappa shape index (κ1) is 24.1. The second-order valence-electron chi connectivity index (χ2n) is 8.93. The number of hydrogen-bond donors (Lipinski definition) is 2. The number of carbonyl (C=O) groups excluding carboxylic acids is 1. The quantitative estimate of drug-likeness (QED) is 0.622. The third-order valence-electron chi connectivity index (χ3n) is 5.95. The molecule has 0 heterocycles. The summed E-state index contributed by atoms with van der Waals surface area (Å²) in [5.41, 5.74) is 1.19. The van der Waals surface area contributed by atoms with Gasteiger partial charge in [-0.3, -0.25) is 9.52 Å². The highest BCUT2D eigenvalue weighted by atomic mass is 32.2. The van der Waals surface area contributed by atoms with E-state index >= 15 is 0 Å². The molecule has 0 aliphatic heterocycles. The summed E-state index contributed by atoms with van der Waals surface area (Å²) in [4.78, 5) is 12.5. The van der Waals surface area contributed by atoms with E-state index in [-0.39, 0.29) is 23.3 Å². The van der Waals surface area contributed by atoms with E-state index in [1.165, 1.54) is 12.1 Å². The Labute approximate surface area is 186 Å². The Bertz CT molecular complexity index is 1110. The molecule has 1 amide bonds. The molecule has 174 valence electrons. The average molecular weight is 469 g/mol. The lowest BCUT2D eigenvalue weighted by molar-refractivity contribution is -0.180. The van der Waals surface area contributed by atoms with Crippen molar-refractivity contribution in [1.29, 1.82) is 0 Å². The minimum Gasteiger partial charge on any atom is -0.352 e. The lowest BCUT2D eigenvalue weighted by Crippen LogP contribution is -2.36. The maximum atomic E-state index is 13.2. The fraction of sp³-hybridized carbons (Fsp3) is 0.435. The molecule has 2 unspecified atom stereocenters. The minimum atomic E-state index is -4.34. The molecule has 0 saturated heterocycles. The molecule has 1 saturated carbocycles. The van der Waals surface area contributed by atoms with Crippen LogP contribution in [-0.4, -0.2) is 26.8 Å². The molecule has 1 fully saturated rings. The van der Waals surface area contributed by atoms with Gasteiger partial charge in [-0.2, -0.15) is 13.2 Å². The SMILES string of the molecule is Cc1cc(CNC(=O)C2CC2c2ccc(C(C)(C)C(F)(F)F)cc2)ccc1NS(C)(=O)=O. The zero-order valence-corrected chi connectivity index (χ0v) is 19.2. The Morgan fingerprint density at radius 2 is 1.72 bits per heavy atom. The molecule has 32 heavy (non-hydrogen) atoms. The molecule has 2 aromatic rings. The third kappa shape index (κ3) is 5.43.